The SMILES string of the molecule is CC(/C=C/C1CCCCC1)=C\C=O. The van der Waals surface area contributed by atoms with Crippen LogP contribution in [0.5, 0.6) is 0 Å². The van der Waals surface area contributed by atoms with E-state index in [1.807, 2.05) is 6.92 Å². The van der Waals surface area contributed by atoms with Crippen molar-refractivity contribution in [2.24, 2.45) is 5.92 Å². The minimum absolute atomic E-state index is 0.753. The fraction of sp³-hybridized carbons (Fsp3) is 0.583. The molecule has 0 amide bonds. The number of carbonyl (C=O) groups is 1. The molecule has 72 valence electrons. The van der Waals surface area contributed by atoms with E-state index in [2.05, 4.69) is 12.2 Å². The molecule has 1 fully saturated rings. The zero-order valence-corrected chi connectivity index (χ0v) is 8.33. The Bertz CT molecular complexity index is 207. The molecule has 0 spiro atoms. The molecule has 0 unspecified atom stereocenters. The van der Waals surface area contributed by atoms with Crippen molar-refractivity contribution in [2.45, 2.75) is 39.0 Å². The van der Waals surface area contributed by atoms with Gasteiger partial charge in [0.1, 0.15) is 6.29 Å². The fourth-order valence-electron chi connectivity index (χ4n) is 1.78. The predicted octanol–water partition coefficient (Wildman–Crippen LogP) is 3.27. The number of rotatable bonds is 3. The van der Waals surface area contributed by atoms with Gasteiger partial charge in [-0.2, -0.15) is 0 Å². The predicted molar refractivity (Wildman–Crippen MR) is 55.5 cm³/mol. The van der Waals surface area contributed by atoms with Gasteiger partial charge in [-0.1, -0.05) is 31.4 Å². The Morgan fingerprint density at radius 1 is 1.23 bits per heavy atom. The lowest BCUT2D eigenvalue weighted by Gasteiger charge is -2.17. The highest BCUT2D eigenvalue weighted by Gasteiger charge is 2.09. The molecule has 1 aliphatic carbocycles. The molecule has 0 saturated heterocycles. The number of hydrogen-bond donors (Lipinski definition) is 0. The van der Waals surface area contributed by atoms with E-state index in [4.69, 9.17) is 0 Å². The van der Waals surface area contributed by atoms with Gasteiger partial charge in [0, 0.05) is 0 Å². The largest absolute Gasteiger partial charge is 0.299 e. The molecule has 13 heavy (non-hydrogen) atoms. The summed E-state index contributed by atoms with van der Waals surface area (Å²) in [5.41, 5.74) is 1.06. The third-order valence-electron chi connectivity index (χ3n) is 2.61. The summed E-state index contributed by atoms with van der Waals surface area (Å²) >= 11 is 0. The van der Waals surface area contributed by atoms with Gasteiger partial charge in [0.25, 0.3) is 0 Å². The van der Waals surface area contributed by atoms with Crippen LogP contribution < -0.4 is 0 Å². The maximum atomic E-state index is 10.2. The van der Waals surface area contributed by atoms with Gasteiger partial charge in [-0.05, 0) is 37.3 Å². The zero-order chi connectivity index (χ0) is 9.52. The van der Waals surface area contributed by atoms with Crippen molar-refractivity contribution in [2.75, 3.05) is 0 Å². The molecule has 0 bridgehead atoms. The smallest absolute Gasteiger partial charge is 0.143 e. The minimum atomic E-state index is 0.753. The van der Waals surface area contributed by atoms with Crippen LogP contribution in [0.25, 0.3) is 0 Å². The third kappa shape index (κ3) is 4.07. The number of hydrogen-bond acceptors (Lipinski definition) is 1. The lowest BCUT2D eigenvalue weighted by atomic mass is 9.89. The van der Waals surface area contributed by atoms with E-state index in [1.165, 1.54) is 32.1 Å². The Labute approximate surface area is 80.5 Å². The van der Waals surface area contributed by atoms with Gasteiger partial charge in [0.05, 0.1) is 0 Å². The summed E-state index contributed by atoms with van der Waals surface area (Å²) in [4.78, 5) is 10.2. The lowest BCUT2D eigenvalue weighted by molar-refractivity contribution is -0.104. The first-order chi connectivity index (χ1) is 6.33. The van der Waals surface area contributed by atoms with Gasteiger partial charge in [0.15, 0.2) is 0 Å². The molecule has 1 heteroatoms. The summed E-state index contributed by atoms with van der Waals surface area (Å²) in [6, 6.07) is 0. The second-order valence-electron chi connectivity index (χ2n) is 3.80. The van der Waals surface area contributed by atoms with Crippen LogP contribution in [-0.2, 0) is 4.79 Å². The van der Waals surface area contributed by atoms with Gasteiger partial charge in [-0.25, -0.2) is 0 Å². The monoisotopic (exact) mass is 178 g/mol. The van der Waals surface area contributed by atoms with Gasteiger partial charge >= 0.3 is 0 Å². The summed E-state index contributed by atoms with van der Waals surface area (Å²) in [6.45, 7) is 1.97. The van der Waals surface area contributed by atoms with Crippen LogP contribution in [0.15, 0.2) is 23.8 Å². The Kier molecular flexibility index (Phi) is 4.52. The number of carbonyl (C=O) groups excluding carboxylic acids is 1. The number of aldehydes is 1. The van der Waals surface area contributed by atoms with Gasteiger partial charge in [-0.15, -0.1) is 0 Å². The Morgan fingerprint density at radius 2 is 1.92 bits per heavy atom. The highest BCUT2D eigenvalue weighted by molar-refractivity contribution is 5.66. The summed E-state index contributed by atoms with van der Waals surface area (Å²) < 4.78 is 0. The first-order valence-corrected chi connectivity index (χ1v) is 5.13. The van der Waals surface area contributed by atoms with E-state index in [-0.39, 0.29) is 0 Å². The standard InChI is InChI=1S/C12H18O/c1-11(9-10-13)7-8-12-5-3-2-4-6-12/h7-10,12H,2-6H2,1H3/b8-7+,11-9+. The molecule has 0 N–H and O–H groups in total. The Hall–Kier alpha value is -0.850. The van der Waals surface area contributed by atoms with Crippen molar-refractivity contribution >= 4 is 6.29 Å². The van der Waals surface area contributed by atoms with Crippen molar-refractivity contribution in [3.8, 4) is 0 Å². The molecule has 0 radical (unpaired) electrons. The van der Waals surface area contributed by atoms with Gasteiger partial charge in [0.2, 0.25) is 0 Å². The van der Waals surface area contributed by atoms with Crippen LogP contribution in [0.4, 0.5) is 0 Å². The summed E-state index contributed by atoms with van der Waals surface area (Å²) in [6.07, 6.45) is 13.6. The molecule has 1 nitrogen and oxygen atoms in total. The first-order valence-electron chi connectivity index (χ1n) is 5.13. The quantitative estimate of drug-likeness (QED) is 0.368. The molecular formula is C12H18O. The minimum Gasteiger partial charge on any atom is -0.299 e. The van der Waals surface area contributed by atoms with Crippen LogP contribution in [-0.4, -0.2) is 6.29 Å². The molecule has 0 atom stereocenters. The van der Waals surface area contributed by atoms with Crippen LogP contribution in [0.2, 0.25) is 0 Å². The zero-order valence-electron chi connectivity index (χ0n) is 8.33. The molecule has 0 aromatic heterocycles. The van der Waals surface area contributed by atoms with E-state index >= 15 is 0 Å². The molecule has 0 aliphatic heterocycles. The average molecular weight is 178 g/mol. The molecular weight excluding hydrogens is 160 g/mol. The van der Waals surface area contributed by atoms with E-state index < -0.39 is 0 Å². The first kappa shape index (κ1) is 10.2. The molecule has 1 saturated carbocycles. The fourth-order valence-corrected chi connectivity index (χ4v) is 1.78. The summed E-state index contributed by atoms with van der Waals surface area (Å²) in [5, 5.41) is 0. The topological polar surface area (TPSA) is 17.1 Å². The summed E-state index contributed by atoms with van der Waals surface area (Å²) in [7, 11) is 0. The van der Waals surface area contributed by atoms with Crippen molar-refractivity contribution in [1.29, 1.82) is 0 Å². The number of allylic oxidation sites excluding steroid dienone is 4. The van der Waals surface area contributed by atoms with Crippen LogP contribution in [0.1, 0.15) is 39.0 Å². The Balaban J connectivity index is 2.37. The maximum absolute atomic E-state index is 10.2. The van der Waals surface area contributed by atoms with Crippen LogP contribution in [0.3, 0.4) is 0 Å². The van der Waals surface area contributed by atoms with Crippen LogP contribution in [0, 0.1) is 5.92 Å². The molecule has 0 aromatic rings. The molecule has 1 rings (SSSR count). The van der Waals surface area contributed by atoms with E-state index in [1.54, 1.807) is 6.08 Å². The normalized spacial score (nSPS) is 20.8. The molecule has 0 heterocycles. The van der Waals surface area contributed by atoms with Crippen molar-refractivity contribution in [3.63, 3.8) is 0 Å². The summed E-state index contributed by atoms with van der Waals surface area (Å²) in [5.74, 6) is 0.753. The van der Waals surface area contributed by atoms with Crippen molar-refractivity contribution in [3.05, 3.63) is 23.8 Å². The molecule has 1 aliphatic rings. The van der Waals surface area contributed by atoms with Crippen LogP contribution >= 0.6 is 0 Å². The second-order valence-corrected chi connectivity index (χ2v) is 3.80. The van der Waals surface area contributed by atoms with E-state index in [0.29, 0.717) is 0 Å². The molecule has 0 aromatic carbocycles. The van der Waals surface area contributed by atoms with Crippen molar-refractivity contribution in [1.82, 2.24) is 0 Å². The lowest BCUT2D eigenvalue weighted by Crippen LogP contribution is -2.02. The Morgan fingerprint density at radius 3 is 2.54 bits per heavy atom. The van der Waals surface area contributed by atoms with E-state index in [0.717, 1.165) is 17.8 Å². The van der Waals surface area contributed by atoms with Gasteiger partial charge in [-0.3, -0.25) is 4.79 Å². The highest BCUT2D eigenvalue weighted by atomic mass is 16.1. The third-order valence-corrected chi connectivity index (χ3v) is 2.61. The highest BCUT2D eigenvalue weighted by Crippen LogP contribution is 2.24. The second kappa shape index (κ2) is 5.74. The van der Waals surface area contributed by atoms with Crippen molar-refractivity contribution < 1.29 is 4.79 Å². The van der Waals surface area contributed by atoms with Gasteiger partial charge < -0.3 is 0 Å². The average Bonchev–Trinajstić information content (AvgIpc) is 2.17. The maximum Gasteiger partial charge on any atom is 0.143 e. The van der Waals surface area contributed by atoms with E-state index in [9.17, 15) is 4.79 Å².